The van der Waals surface area contributed by atoms with Gasteiger partial charge in [0, 0.05) is 22.9 Å². The quantitative estimate of drug-likeness (QED) is 0.181. The lowest BCUT2D eigenvalue weighted by atomic mass is 9.84. The first kappa shape index (κ1) is 28.7. The molecule has 0 aromatic heterocycles. The average molecular weight is 544 g/mol. The van der Waals surface area contributed by atoms with Gasteiger partial charge in [-0.05, 0) is 66.8 Å². The number of anilines is 1. The number of benzene rings is 3. The summed E-state index contributed by atoms with van der Waals surface area (Å²) >= 11 is 0. The summed E-state index contributed by atoms with van der Waals surface area (Å²) in [5.74, 6) is 0.118. The van der Waals surface area contributed by atoms with Gasteiger partial charge >= 0.3 is 0 Å². The van der Waals surface area contributed by atoms with Gasteiger partial charge in [0.1, 0.15) is 23.0 Å². The smallest absolute Gasteiger partial charge is 0.300 e. The molecule has 4 rings (SSSR count). The zero-order valence-corrected chi connectivity index (χ0v) is 24.0. The first-order valence-electron chi connectivity index (χ1n) is 13.6. The average Bonchev–Trinajstić information content (AvgIpc) is 3.21. The Morgan fingerprint density at radius 3 is 2.33 bits per heavy atom. The summed E-state index contributed by atoms with van der Waals surface area (Å²) in [4.78, 5) is 28.7. The molecule has 0 radical (unpaired) electrons. The fourth-order valence-corrected chi connectivity index (χ4v) is 4.87. The Kier molecular flexibility index (Phi) is 8.52. The van der Waals surface area contributed by atoms with Crippen molar-refractivity contribution in [3.63, 3.8) is 0 Å². The molecule has 3 aromatic carbocycles. The second-order valence-electron chi connectivity index (χ2n) is 10.7. The second-order valence-corrected chi connectivity index (χ2v) is 10.7. The molecular weight excluding hydrogens is 506 g/mol. The van der Waals surface area contributed by atoms with Crippen LogP contribution in [0.1, 0.15) is 63.8 Å². The largest absolute Gasteiger partial charge is 0.507 e. The Morgan fingerprint density at radius 2 is 1.65 bits per heavy atom. The number of amides is 1. The summed E-state index contributed by atoms with van der Waals surface area (Å²) in [6.07, 6.45) is 0.831. The number of ether oxygens (including phenoxy) is 3. The van der Waals surface area contributed by atoms with Crippen molar-refractivity contribution in [2.75, 3.05) is 25.2 Å². The Hall–Kier alpha value is -4.26. The van der Waals surface area contributed by atoms with E-state index in [-0.39, 0.29) is 16.7 Å². The lowest BCUT2D eigenvalue weighted by Crippen LogP contribution is -2.29. The van der Waals surface area contributed by atoms with Crippen LogP contribution >= 0.6 is 0 Å². The zero-order chi connectivity index (χ0) is 29.0. The van der Waals surface area contributed by atoms with E-state index in [2.05, 4.69) is 20.8 Å². The molecule has 1 N–H and O–H groups in total. The van der Waals surface area contributed by atoms with E-state index in [1.165, 1.54) is 4.90 Å². The van der Waals surface area contributed by atoms with Gasteiger partial charge in [0.25, 0.3) is 11.7 Å². The number of methoxy groups -OCH3 is 1. The molecule has 1 unspecified atom stereocenters. The normalized spacial score (nSPS) is 16.8. The van der Waals surface area contributed by atoms with E-state index in [9.17, 15) is 14.7 Å². The molecule has 0 spiro atoms. The molecule has 1 fully saturated rings. The molecule has 7 heteroatoms. The van der Waals surface area contributed by atoms with Crippen molar-refractivity contribution in [1.29, 1.82) is 0 Å². The van der Waals surface area contributed by atoms with Gasteiger partial charge in [0.15, 0.2) is 0 Å². The van der Waals surface area contributed by atoms with E-state index < -0.39 is 17.7 Å². The zero-order valence-electron chi connectivity index (χ0n) is 24.0. The van der Waals surface area contributed by atoms with Crippen LogP contribution in [0.25, 0.3) is 5.76 Å². The van der Waals surface area contributed by atoms with Gasteiger partial charge in [0.05, 0.1) is 31.9 Å². The molecule has 3 aromatic rings. The molecule has 1 saturated heterocycles. The number of aliphatic hydroxyl groups excluding tert-OH is 1. The SMILES string of the molecule is CCCOc1cccc(N2C(=O)C(=O)/C(=C(\O)c3ccc(OCC)c(C(C)(C)C)c3)C2c2cccc(OC)c2)c1. The third-order valence-electron chi connectivity index (χ3n) is 6.78. The van der Waals surface area contributed by atoms with Crippen LogP contribution in [-0.4, -0.2) is 37.1 Å². The maximum absolute atomic E-state index is 13.7. The Labute approximate surface area is 236 Å². The fourth-order valence-electron chi connectivity index (χ4n) is 4.87. The van der Waals surface area contributed by atoms with Crippen LogP contribution in [0.4, 0.5) is 5.69 Å². The van der Waals surface area contributed by atoms with E-state index in [4.69, 9.17) is 14.2 Å². The minimum absolute atomic E-state index is 0.00199. The van der Waals surface area contributed by atoms with E-state index in [1.54, 1.807) is 55.6 Å². The van der Waals surface area contributed by atoms with E-state index in [0.29, 0.717) is 47.3 Å². The number of nitrogens with zero attached hydrogens (tertiary/aromatic N) is 1. The predicted molar refractivity (Wildman–Crippen MR) is 156 cm³/mol. The summed E-state index contributed by atoms with van der Waals surface area (Å²) in [6, 6.07) is 18.7. The highest BCUT2D eigenvalue weighted by Crippen LogP contribution is 2.44. The number of hydrogen-bond acceptors (Lipinski definition) is 6. The van der Waals surface area contributed by atoms with Crippen molar-refractivity contribution in [2.24, 2.45) is 0 Å². The van der Waals surface area contributed by atoms with Crippen LogP contribution in [0.15, 0.2) is 72.3 Å². The number of carbonyl (C=O) groups is 2. The van der Waals surface area contributed by atoms with Gasteiger partial charge < -0.3 is 19.3 Å². The summed E-state index contributed by atoms with van der Waals surface area (Å²) < 4.78 is 17.1. The van der Waals surface area contributed by atoms with Crippen LogP contribution in [-0.2, 0) is 15.0 Å². The van der Waals surface area contributed by atoms with Crippen LogP contribution in [0.5, 0.6) is 17.2 Å². The van der Waals surface area contributed by atoms with Crippen molar-refractivity contribution >= 4 is 23.1 Å². The topological polar surface area (TPSA) is 85.3 Å². The molecular formula is C33H37NO6. The van der Waals surface area contributed by atoms with Crippen molar-refractivity contribution < 1.29 is 28.9 Å². The number of hydrogen-bond donors (Lipinski definition) is 1. The molecule has 210 valence electrons. The van der Waals surface area contributed by atoms with Crippen molar-refractivity contribution in [1.82, 2.24) is 0 Å². The minimum Gasteiger partial charge on any atom is -0.507 e. The van der Waals surface area contributed by atoms with Crippen LogP contribution < -0.4 is 19.1 Å². The number of rotatable bonds is 9. The first-order chi connectivity index (χ1) is 19.1. The summed E-state index contributed by atoms with van der Waals surface area (Å²) in [7, 11) is 1.55. The molecule has 1 atom stereocenters. The maximum atomic E-state index is 13.7. The summed E-state index contributed by atoms with van der Waals surface area (Å²) in [6.45, 7) is 11.1. The van der Waals surface area contributed by atoms with E-state index >= 15 is 0 Å². The molecule has 1 amide bonds. The third kappa shape index (κ3) is 5.69. The molecule has 40 heavy (non-hydrogen) atoms. The number of aliphatic hydroxyl groups is 1. The Balaban J connectivity index is 1.93. The van der Waals surface area contributed by atoms with Gasteiger partial charge in [-0.3, -0.25) is 14.5 Å². The lowest BCUT2D eigenvalue weighted by Gasteiger charge is -2.26. The monoisotopic (exact) mass is 543 g/mol. The van der Waals surface area contributed by atoms with E-state index in [1.807, 2.05) is 32.0 Å². The summed E-state index contributed by atoms with van der Waals surface area (Å²) in [5.41, 5.74) is 2.14. The maximum Gasteiger partial charge on any atom is 0.300 e. The molecule has 0 bridgehead atoms. The molecule has 1 aliphatic heterocycles. The van der Waals surface area contributed by atoms with Crippen LogP contribution in [0.2, 0.25) is 0 Å². The Bertz CT molecular complexity index is 1430. The second kappa shape index (κ2) is 11.9. The highest BCUT2D eigenvalue weighted by atomic mass is 16.5. The highest BCUT2D eigenvalue weighted by Gasteiger charge is 2.47. The van der Waals surface area contributed by atoms with Crippen LogP contribution in [0.3, 0.4) is 0 Å². The van der Waals surface area contributed by atoms with Gasteiger partial charge in [-0.15, -0.1) is 0 Å². The number of ketones is 1. The Morgan fingerprint density at radius 1 is 0.925 bits per heavy atom. The van der Waals surface area contributed by atoms with Gasteiger partial charge in [-0.2, -0.15) is 0 Å². The highest BCUT2D eigenvalue weighted by molar-refractivity contribution is 6.51. The first-order valence-corrected chi connectivity index (χ1v) is 13.6. The molecule has 0 saturated carbocycles. The van der Waals surface area contributed by atoms with Crippen LogP contribution in [0, 0.1) is 0 Å². The van der Waals surface area contributed by atoms with Gasteiger partial charge in [-0.1, -0.05) is 45.9 Å². The van der Waals surface area contributed by atoms with E-state index in [0.717, 1.165) is 12.0 Å². The van der Waals surface area contributed by atoms with Gasteiger partial charge in [-0.25, -0.2) is 0 Å². The van der Waals surface area contributed by atoms with Crippen molar-refractivity contribution in [3.05, 3.63) is 89.0 Å². The fraction of sp³-hybridized carbons (Fsp3) is 0.333. The molecule has 1 aliphatic rings. The van der Waals surface area contributed by atoms with Crippen molar-refractivity contribution in [3.8, 4) is 17.2 Å². The molecule has 1 heterocycles. The lowest BCUT2D eigenvalue weighted by molar-refractivity contribution is -0.132. The summed E-state index contributed by atoms with van der Waals surface area (Å²) in [5, 5.41) is 11.7. The predicted octanol–water partition coefficient (Wildman–Crippen LogP) is 6.81. The number of carbonyl (C=O) groups excluding carboxylic acids is 2. The number of Topliss-reactive ketones (excluding diaryl/α,β-unsaturated/α-hetero) is 1. The minimum atomic E-state index is -0.888. The molecule has 0 aliphatic carbocycles. The molecule has 7 nitrogen and oxygen atoms in total. The standard InChI is InChI=1S/C33H37NO6/c1-7-17-40-25-14-10-12-23(20-25)34-29(21-11-9-13-24(18-21)38-6)28(31(36)32(34)37)30(35)22-15-16-27(39-8-2)26(19-22)33(3,4)5/h9-16,18-20,29,35H,7-8,17H2,1-6H3/b30-28-. The van der Waals surface area contributed by atoms with Crippen molar-refractivity contribution in [2.45, 2.75) is 52.5 Å². The third-order valence-corrected chi connectivity index (χ3v) is 6.78. The van der Waals surface area contributed by atoms with Gasteiger partial charge in [0.2, 0.25) is 0 Å².